The van der Waals surface area contributed by atoms with Crippen molar-refractivity contribution in [2.24, 2.45) is 0 Å². The van der Waals surface area contributed by atoms with Crippen LogP contribution in [0.15, 0.2) is 35.8 Å². The summed E-state index contributed by atoms with van der Waals surface area (Å²) in [5.41, 5.74) is 0.768. The number of rotatable bonds is 7. The molecule has 0 aromatic carbocycles. The zero-order valence-corrected chi connectivity index (χ0v) is 16.0. The second-order valence-electron chi connectivity index (χ2n) is 6.82. The molecule has 11 heteroatoms. The molecule has 0 bridgehead atoms. The van der Waals surface area contributed by atoms with Crippen LogP contribution in [-0.2, 0) is 26.1 Å². The molecule has 3 aromatic heterocycles. The first-order chi connectivity index (χ1) is 14.2. The number of nitrogens with zero attached hydrogens (tertiary/aromatic N) is 7. The summed E-state index contributed by atoms with van der Waals surface area (Å²) in [6, 6.07) is 3.39. The van der Waals surface area contributed by atoms with Gasteiger partial charge in [-0.2, -0.15) is 10.2 Å². The average Bonchev–Trinajstić information content (AvgIpc) is 3.39. The number of carbonyl (C=O) groups excluding carboxylic acids is 1. The molecular formula is C18H23N9O2. The lowest BCUT2D eigenvalue weighted by Crippen LogP contribution is -2.36. The summed E-state index contributed by atoms with van der Waals surface area (Å²) >= 11 is 0. The van der Waals surface area contributed by atoms with Crippen LogP contribution in [-0.4, -0.2) is 46.7 Å². The van der Waals surface area contributed by atoms with Crippen LogP contribution in [0, 0.1) is 0 Å². The Balaban J connectivity index is 1.24. The Morgan fingerprint density at radius 2 is 2.17 bits per heavy atom. The summed E-state index contributed by atoms with van der Waals surface area (Å²) in [4.78, 5) is 32.6. The molecule has 4 rings (SSSR count). The fraction of sp³-hybridized carbons (Fsp3) is 0.444. The summed E-state index contributed by atoms with van der Waals surface area (Å²) < 4.78 is 4.81. The van der Waals surface area contributed by atoms with Crippen molar-refractivity contribution in [3.8, 4) is 5.82 Å². The number of fused-ring (bicyclic) bond motifs is 1. The van der Waals surface area contributed by atoms with Gasteiger partial charge in [0.25, 0.3) is 0 Å². The van der Waals surface area contributed by atoms with Gasteiger partial charge in [-0.3, -0.25) is 4.57 Å². The number of nitrogens with one attached hydrogen (secondary N) is 2. The molecule has 0 unspecified atom stereocenters. The highest BCUT2D eigenvalue weighted by Crippen LogP contribution is 2.10. The van der Waals surface area contributed by atoms with E-state index in [2.05, 4.69) is 30.8 Å². The zero-order valence-electron chi connectivity index (χ0n) is 16.0. The van der Waals surface area contributed by atoms with Crippen molar-refractivity contribution in [1.82, 2.24) is 44.7 Å². The van der Waals surface area contributed by atoms with Gasteiger partial charge in [-0.05, 0) is 25.3 Å². The molecule has 0 spiro atoms. The van der Waals surface area contributed by atoms with E-state index in [0.29, 0.717) is 31.9 Å². The molecule has 29 heavy (non-hydrogen) atoms. The van der Waals surface area contributed by atoms with E-state index in [1.165, 1.54) is 11.0 Å². The number of carbonyl (C=O) groups is 1. The van der Waals surface area contributed by atoms with E-state index in [4.69, 9.17) is 0 Å². The Kier molecular flexibility index (Phi) is 5.63. The fourth-order valence-electron chi connectivity index (χ4n) is 3.36. The minimum atomic E-state index is -0.283. The molecule has 11 nitrogen and oxygen atoms in total. The van der Waals surface area contributed by atoms with E-state index in [1.54, 1.807) is 27.8 Å². The third kappa shape index (κ3) is 4.33. The predicted octanol–water partition coefficient (Wildman–Crippen LogP) is 0.246. The SMILES string of the molecule is O=C(NCCCn1nc2n(c1=O)CCCC2)NCc1cccnc1-n1cncn1. The summed E-state index contributed by atoms with van der Waals surface area (Å²) in [6.45, 7) is 1.99. The third-order valence-corrected chi connectivity index (χ3v) is 4.81. The number of pyridine rings is 1. The van der Waals surface area contributed by atoms with E-state index < -0.39 is 0 Å². The van der Waals surface area contributed by atoms with Crippen molar-refractivity contribution >= 4 is 6.03 Å². The third-order valence-electron chi connectivity index (χ3n) is 4.81. The lowest BCUT2D eigenvalue weighted by Gasteiger charge is -2.10. The Morgan fingerprint density at radius 1 is 1.24 bits per heavy atom. The lowest BCUT2D eigenvalue weighted by atomic mass is 10.2. The molecule has 0 radical (unpaired) electrons. The Morgan fingerprint density at radius 3 is 3.00 bits per heavy atom. The smallest absolute Gasteiger partial charge is 0.338 e. The maximum absolute atomic E-state index is 12.3. The van der Waals surface area contributed by atoms with Crippen LogP contribution >= 0.6 is 0 Å². The second kappa shape index (κ2) is 8.67. The second-order valence-corrected chi connectivity index (χ2v) is 6.82. The predicted molar refractivity (Wildman–Crippen MR) is 103 cm³/mol. The van der Waals surface area contributed by atoms with Crippen molar-refractivity contribution in [2.45, 2.75) is 45.3 Å². The fourth-order valence-corrected chi connectivity index (χ4v) is 3.36. The van der Waals surface area contributed by atoms with Gasteiger partial charge >= 0.3 is 11.7 Å². The minimum Gasteiger partial charge on any atom is -0.338 e. The summed E-state index contributed by atoms with van der Waals surface area (Å²) in [7, 11) is 0. The summed E-state index contributed by atoms with van der Waals surface area (Å²) in [5, 5.41) is 14.1. The first-order valence-corrected chi connectivity index (χ1v) is 9.69. The van der Waals surface area contributed by atoms with Crippen LogP contribution < -0.4 is 16.3 Å². The van der Waals surface area contributed by atoms with Gasteiger partial charge in [-0.15, -0.1) is 0 Å². The maximum Gasteiger partial charge on any atom is 0.345 e. The molecule has 2 amide bonds. The maximum atomic E-state index is 12.3. The van der Waals surface area contributed by atoms with Crippen molar-refractivity contribution in [3.05, 3.63) is 52.9 Å². The molecule has 0 aliphatic carbocycles. The molecule has 0 atom stereocenters. The number of amides is 2. The van der Waals surface area contributed by atoms with Gasteiger partial charge < -0.3 is 10.6 Å². The molecule has 4 heterocycles. The summed E-state index contributed by atoms with van der Waals surface area (Å²) in [6.07, 6.45) is 8.23. The first-order valence-electron chi connectivity index (χ1n) is 9.69. The van der Waals surface area contributed by atoms with E-state index in [1.807, 2.05) is 6.07 Å². The monoisotopic (exact) mass is 397 g/mol. The molecule has 0 saturated heterocycles. The van der Waals surface area contributed by atoms with Crippen LogP contribution in [0.3, 0.4) is 0 Å². The van der Waals surface area contributed by atoms with Gasteiger partial charge in [0.1, 0.15) is 18.5 Å². The number of hydrogen-bond acceptors (Lipinski definition) is 6. The molecule has 1 aliphatic heterocycles. The zero-order chi connectivity index (χ0) is 20.1. The Labute approximate surface area is 166 Å². The first kappa shape index (κ1) is 18.8. The van der Waals surface area contributed by atoms with Gasteiger partial charge in [-0.25, -0.2) is 28.9 Å². The van der Waals surface area contributed by atoms with Crippen LogP contribution in [0.4, 0.5) is 4.79 Å². The van der Waals surface area contributed by atoms with Crippen LogP contribution in [0.1, 0.15) is 30.7 Å². The van der Waals surface area contributed by atoms with Crippen molar-refractivity contribution in [2.75, 3.05) is 6.54 Å². The van der Waals surface area contributed by atoms with Crippen LogP contribution in [0.2, 0.25) is 0 Å². The highest BCUT2D eigenvalue weighted by Gasteiger charge is 2.16. The van der Waals surface area contributed by atoms with E-state index in [-0.39, 0.29) is 11.7 Å². The molecule has 0 saturated carbocycles. The molecule has 0 fully saturated rings. The topological polar surface area (TPSA) is 125 Å². The number of urea groups is 1. The average molecular weight is 397 g/mol. The van der Waals surface area contributed by atoms with Gasteiger partial charge in [0.2, 0.25) is 0 Å². The molecule has 2 N–H and O–H groups in total. The summed E-state index contributed by atoms with van der Waals surface area (Å²) in [5.74, 6) is 1.49. The van der Waals surface area contributed by atoms with Gasteiger partial charge in [0, 0.05) is 44.4 Å². The normalized spacial score (nSPS) is 13.1. The van der Waals surface area contributed by atoms with E-state index in [9.17, 15) is 9.59 Å². The Bertz CT molecular complexity index is 1020. The highest BCUT2D eigenvalue weighted by atomic mass is 16.2. The molecule has 1 aliphatic rings. The molecule has 3 aromatic rings. The van der Waals surface area contributed by atoms with Crippen molar-refractivity contribution in [3.63, 3.8) is 0 Å². The quantitative estimate of drug-likeness (QED) is 0.551. The van der Waals surface area contributed by atoms with Gasteiger partial charge in [0.15, 0.2) is 5.82 Å². The Hall–Kier alpha value is -3.50. The minimum absolute atomic E-state index is 0.0543. The van der Waals surface area contributed by atoms with Gasteiger partial charge in [0.05, 0.1) is 0 Å². The van der Waals surface area contributed by atoms with Crippen molar-refractivity contribution in [1.29, 1.82) is 0 Å². The van der Waals surface area contributed by atoms with Gasteiger partial charge in [-0.1, -0.05) is 6.07 Å². The van der Waals surface area contributed by atoms with E-state index in [0.717, 1.165) is 37.2 Å². The lowest BCUT2D eigenvalue weighted by molar-refractivity contribution is 0.240. The number of hydrogen-bond donors (Lipinski definition) is 2. The standard InChI is InChI=1S/C18H23N9O2/c28-17(22-11-14-5-3-7-20-16(14)27-13-19-12-23-27)21-8-4-10-26-18(29)25-9-2-1-6-15(25)24-26/h3,5,7,12-13H,1-2,4,6,8-11H2,(H2,21,22,28). The van der Waals surface area contributed by atoms with Crippen LogP contribution in [0.5, 0.6) is 0 Å². The van der Waals surface area contributed by atoms with Crippen LogP contribution in [0.25, 0.3) is 5.82 Å². The molecule has 152 valence electrons. The number of aryl methyl sites for hydroxylation is 2. The van der Waals surface area contributed by atoms with E-state index >= 15 is 0 Å². The molecular weight excluding hydrogens is 374 g/mol. The van der Waals surface area contributed by atoms with Crippen molar-refractivity contribution < 1.29 is 4.79 Å². The highest BCUT2D eigenvalue weighted by molar-refractivity contribution is 5.73. The largest absolute Gasteiger partial charge is 0.345 e. The number of aromatic nitrogens is 7.